The number of hydrogen-bond donors (Lipinski definition) is 1. The van der Waals surface area contributed by atoms with E-state index in [1.807, 2.05) is 37.4 Å². The highest BCUT2D eigenvalue weighted by molar-refractivity contribution is 5.69. The van der Waals surface area contributed by atoms with Crippen molar-refractivity contribution >= 4 is 5.65 Å². The second kappa shape index (κ2) is 5.81. The molecule has 3 rings (SSSR count). The van der Waals surface area contributed by atoms with Crippen molar-refractivity contribution in [2.24, 2.45) is 5.73 Å². The topological polar surface area (TPSA) is 52.5 Å². The van der Waals surface area contributed by atoms with Gasteiger partial charge in [0.05, 0.1) is 18.5 Å². The zero-order valence-corrected chi connectivity index (χ0v) is 13.2. The fraction of sp³-hybridized carbons (Fsp3) is 0.278. The first-order valence-electron chi connectivity index (χ1n) is 7.47. The van der Waals surface area contributed by atoms with E-state index in [1.165, 1.54) is 0 Å². The molecular weight excluding hydrogens is 274 g/mol. The second-order valence-electron chi connectivity index (χ2n) is 5.60. The summed E-state index contributed by atoms with van der Waals surface area (Å²) >= 11 is 0. The van der Waals surface area contributed by atoms with Crippen LogP contribution < -0.4 is 10.5 Å². The molecule has 0 spiro atoms. The van der Waals surface area contributed by atoms with Crippen LogP contribution in [0.15, 0.2) is 42.6 Å². The van der Waals surface area contributed by atoms with Gasteiger partial charge in [-0.2, -0.15) is 0 Å². The number of nitrogens with two attached hydrogens (primary N) is 1. The Bertz CT molecular complexity index is 807. The SMILES string of the molecule is COc1ccc(-c2nc3ccccn3c2C(C)CN)cc1C. The van der Waals surface area contributed by atoms with E-state index in [4.69, 9.17) is 15.5 Å². The van der Waals surface area contributed by atoms with Crippen LogP contribution in [0.3, 0.4) is 0 Å². The maximum absolute atomic E-state index is 5.92. The average molecular weight is 295 g/mol. The third-order valence-electron chi connectivity index (χ3n) is 4.06. The van der Waals surface area contributed by atoms with Crippen LogP contribution in [0.5, 0.6) is 5.75 Å². The lowest BCUT2D eigenvalue weighted by molar-refractivity contribution is 0.412. The van der Waals surface area contributed by atoms with Crippen molar-refractivity contribution in [3.05, 3.63) is 53.9 Å². The predicted octanol–water partition coefficient (Wildman–Crippen LogP) is 3.38. The normalized spacial score (nSPS) is 12.5. The van der Waals surface area contributed by atoms with Gasteiger partial charge in [-0.05, 0) is 42.8 Å². The summed E-state index contributed by atoms with van der Waals surface area (Å²) in [4.78, 5) is 4.82. The molecule has 3 aromatic rings. The summed E-state index contributed by atoms with van der Waals surface area (Å²) in [6.07, 6.45) is 2.05. The molecule has 1 aromatic carbocycles. The molecule has 0 radical (unpaired) electrons. The van der Waals surface area contributed by atoms with E-state index in [2.05, 4.69) is 23.5 Å². The number of imidazole rings is 1. The molecule has 0 aliphatic carbocycles. The zero-order valence-electron chi connectivity index (χ0n) is 13.2. The molecule has 0 aliphatic heterocycles. The van der Waals surface area contributed by atoms with Gasteiger partial charge >= 0.3 is 0 Å². The van der Waals surface area contributed by atoms with Crippen molar-refractivity contribution in [3.63, 3.8) is 0 Å². The molecule has 1 unspecified atom stereocenters. The highest BCUT2D eigenvalue weighted by Gasteiger charge is 2.18. The number of pyridine rings is 1. The second-order valence-corrected chi connectivity index (χ2v) is 5.60. The predicted molar refractivity (Wildman–Crippen MR) is 89.4 cm³/mol. The number of fused-ring (bicyclic) bond motifs is 1. The molecule has 2 aromatic heterocycles. The van der Waals surface area contributed by atoms with Crippen molar-refractivity contribution in [2.45, 2.75) is 19.8 Å². The zero-order chi connectivity index (χ0) is 15.7. The van der Waals surface area contributed by atoms with Gasteiger partial charge in [0, 0.05) is 24.2 Å². The Morgan fingerprint density at radius 3 is 2.77 bits per heavy atom. The van der Waals surface area contributed by atoms with E-state index in [0.717, 1.165) is 33.9 Å². The number of hydrogen-bond acceptors (Lipinski definition) is 3. The lowest BCUT2D eigenvalue weighted by Gasteiger charge is -2.12. The summed E-state index contributed by atoms with van der Waals surface area (Å²) in [5, 5.41) is 0. The Hall–Kier alpha value is -2.33. The van der Waals surface area contributed by atoms with Gasteiger partial charge in [0.1, 0.15) is 11.4 Å². The molecule has 0 bridgehead atoms. The maximum atomic E-state index is 5.92. The lowest BCUT2D eigenvalue weighted by atomic mass is 10.00. The van der Waals surface area contributed by atoms with Crippen molar-refractivity contribution in [3.8, 4) is 17.0 Å². The number of rotatable bonds is 4. The standard InChI is InChI=1S/C18H21N3O/c1-12-10-14(7-8-15(12)22-3)17-18(13(2)11-19)21-9-5-4-6-16(21)20-17/h4-10,13H,11,19H2,1-3H3. The van der Waals surface area contributed by atoms with Crippen LogP contribution in [0.2, 0.25) is 0 Å². The first-order chi connectivity index (χ1) is 10.7. The number of nitrogens with zero attached hydrogens (tertiary/aromatic N) is 2. The van der Waals surface area contributed by atoms with Gasteiger partial charge in [-0.15, -0.1) is 0 Å². The lowest BCUT2D eigenvalue weighted by Crippen LogP contribution is -2.12. The third kappa shape index (κ3) is 2.35. The third-order valence-corrected chi connectivity index (χ3v) is 4.06. The summed E-state index contributed by atoms with van der Waals surface area (Å²) in [5.74, 6) is 1.12. The molecule has 0 aliphatic rings. The van der Waals surface area contributed by atoms with Crippen LogP contribution in [0.25, 0.3) is 16.9 Å². The van der Waals surface area contributed by atoms with Crippen molar-refractivity contribution < 1.29 is 4.74 Å². The Balaban J connectivity index is 2.23. The molecule has 2 N–H and O–H groups in total. The molecule has 0 saturated carbocycles. The van der Waals surface area contributed by atoms with E-state index < -0.39 is 0 Å². The van der Waals surface area contributed by atoms with E-state index in [0.29, 0.717) is 6.54 Å². The molecule has 4 heteroatoms. The van der Waals surface area contributed by atoms with Crippen molar-refractivity contribution in [1.82, 2.24) is 9.38 Å². The monoisotopic (exact) mass is 295 g/mol. The van der Waals surface area contributed by atoms with Gasteiger partial charge in [0.15, 0.2) is 0 Å². The first kappa shape index (κ1) is 14.6. The van der Waals surface area contributed by atoms with Crippen molar-refractivity contribution in [1.29, 1.82) is 0 Å². The highest BCUT2D eigenvalue weighted by atomic mass is 16.5. The van der Waals surface area contributed by atoms with E-state index >= 15 is 0 Å². The van der Waals surface area contributed by atoms with E-state index in [-0.39, 0.29) is 5.92 Å². The minimum atomic E-state index is 0.231. The average Bonchev–Trinajstić information content (AvgIpc) is 2.93. The Kier molecular flexibility index (Phi) is 3.86. The molecule has 22 heavy (non-hydrogen) atoms. The van der Waals surface area contributed by atoms with Crippen LogP contribution >= 0.6 is 0 Å². The number of benzene rings is 1. The van der Waals surface area contributed by atoms with Gasteiger partial charge in [-0.25, -0.2) is 4.98 Å². The smallest absolute Gasteiger partial charge is 0.137 e. The minimum absolute atomic E-state index is 0.231. The number of aryl methyl sites for hydroxylation is 1. The van der Waals surface area contributed by atoms with E-state index in [1.54, 1.807) is 7.11 Å². The maximum Gasteiger partial charge on any atom is 0.137 e. The van der Waals surface area contributed by atoms with Crippen LogP contribution in [0, 0.1) is 6.92 Å². The summed E-state index contributed by atoms with van der Waals surface area (Å²) in [7, 11) is 1.69. The quantitative estimate of drug-likeness (QED) is 0.802. The van der Waals surface area contributed by atoms with Gasteiger partial charge in [0.2, 0.25) is 0 Å². The molecule has 1 atom stereocenters. The Morgan fingerprint density at radius 2 is 2.09 bits per heavy atom. The Labute approximate surface area is 130 Å². The van der Waals surface area contributed by atoms with Gasteiger partial charge in [0.25, 0.3) is 0 Å². The fourth-order valence-corrected chi connectivity index (χ4v) is 2.84. The number of aromatic nitrogens is 2. The molecule has 114 valence electrons. The van der Waals surface area contributed by atoms with Crippen LogP contribution in [-0.4, -0.2) is 23.0 Å². The highest BCUT2D eigenvalue weighted by Crippen LogP contribution is 2.32. The van der Waals surface area contributed by atoms with Gasteiger partial charge < -0.3 is 14.9 Å². The van der Waals surface area contributed by atoms with Crippen LogP contribution in [0.1, 0.15) is 24.1 Å². The summed E-state index contributed by atoms with van der Waals surface area (Å²) in [6, 6.07) is 12.2. The van der Waals surface area contributed by atoms with Crippen molar-refractivity contribution in [2.75, 3.05) is 13.7 Å². The molecular formula is C18H21N3O. The fourth-order valence-electron chi connectivity index (χ4n) is 2.84. The summed E-state index contributed by atoms with van der Waals surface area (Å²) in [5.41, 5.74) is 11.2. The first-order valence-corrected chi connectivity index (χ1v) is 7.47. The van der Waals surface area contributed by atoms with Gasteiger partial charge in [-0.1, -0.05) is 13.0 Å². The van der Waals surface area contributed by atoms with Gasteiger partial charge in [-0.3, -0.25) is 0 Å². The molecule has 0 saturated heterocycles. The molecule has 0 amide bonds. The minimum Gasteiger partial charge on any atom is -0.496 e. The summed E-state index contributed by atoms with van der Waals surface area (Å²) < 4.78 is 7.48. The summed E-state index contributed by atoms with van der Waals surface area (Å²) in [6.45, 7) is 4.77. The molecule has 2 heterocycles. The van der Waals surface area contributed by atoms with E-state index in [9.17, 15) is 0 Å². The largest absolute Gasteiger partial charge is 0.496 e. The van der Waals surface area contributed by atoms with Crippen LogP contribution in [-0.2, 0) is 0 Å². The Morgan fingerprint density at radius 1 is 1.27 bits per heavy atom. The molecule has 0 fully saturated rings. The number of methoxy groups -OCH3 is 1. The van der Waals surface area contributed by atoms with Crippen LogP contribution in [0.4, 0.5) is 0 Å². The molecule has 4 nitrogen and oxygen atoms in total. The number of ether oxygens (including phenoxy) is 1.